The van der Waals surface area contributed by atoms with E-state index in [0.717, 1.165) is 16.7 Å². The maximum Gasteiger partial charge on any atom is 0.339 e. The Morgan fingerprint density at radius 2 is 1.62 bits per heavy atom. The largest absolute Gasteiger partial charge is 0.478 e. The molecule has 40 heavy (non-hydrogen) atoms. The predicted molar refractivity (Wildman–Crippen MR) is 141 cm³/mol. The molecule has 0 saturated carbocycles. The lowest BCUT2D eigenvalue weighted by Gasteiger charge is -2.16. The lowest BCUT2D eigenvalue weighted by molar-refractivity contribution is -0.124. The highest BCUT2D eigenvalue weighted by atomic mass is 19.1. The quantitative estimate of drug-likeness (QED) is 0.223. The summed E-state index contributed by atoms with van der Waals surface area (Å²) in [5.74, 6) is -6.24. The number of aliphatic hydroxyl groups excluding tert-OH is 1. The molecule has 9 nitrogen and oxygen atoms in total. The third-order valence-corrected chi connectivity index (χ3v) is 5.83. The van der Waals surface area contributed by atoms with E-state index >= 15 is 8.78 Å². The molecule has 0 unspecified atom stereocenters. The molecule has 4 rings (SSSR count). The van der Waals surface area contributed by atoms with Crippen LogP contribution in [0.1, 0.15) is 27.0 Å². The van der Waals surface area contributed by atoms with Crippen molar-refractivity contribution < 1.29 is 38.1 Å². The molecule has 0 radical (unpaired) electrons. The molecule has 1 heterocycles. The van der Waals surface area contributed by atoms with Crippen LogP contribution in [0.15, 0.2) is 66.7 Å². The zero-order valence-corrected chi connectivity index (χ0v) is 21.3. The standard InChI is InChI=1S/C29H25F2N3O6/c1-16-8-9-21(29(37)38)23(10-16)40-28-26(31)22(14-33-24(36)15-35)25(30)27(34-28)39-20-7-3-6-19(12-20)18-5-2-4-17(11-18)13-32/h2-12,35H,13-15,32H2,1H3,(H,33,36)(H,37,38). The highest BCUT2D eigenvalue weighted by molar-refractivity contribution is 5.91. The van der Waals surface area contributed by atoms with Crippen LogP contribution < -0.4 is 20.5 Å². The number of rotatable bonds is 10. The van der Waals surface area contributed by atoms with Crippen molar-refractivity contribution in [2.45, 2.75) is 20.0 Å². The number of ether oxygens (including phenoxy) is 2. The summed E-state index contributed by atoms with van der Waals surface area (Å²) in [6, 6.07) is 18.3. The van der Waals surface area contributed by atoms with Crippen molar-refractivity contribution >= 4 is 11.9 Å². The van der Waals surface area contributed by atoms with Gasteiger partial charge in [0.2, 0.25) is 5.91 Å². The minimum atomic E-state index is -1.33. The molecule has 0 aliphatic rings. The second kappa shape index (κ2) is 12.3. The third kappa shape index (κ3) is 6.40. The van der Waals surface area contributed by atoms with Crippen molar-refractivity contribution in [3.05, 3.63) is 101 Å². The van der Waals surface area contributed by atoms with Gasteiger partial charge in [0, 0.05) is 13.1 Å². The van der Waals surface area contributed by atoms with Crippen LogP contribution in [0.25, 0.3) is 11.1 Å². The Morgan fingerprint density at radius 3 is 2.30 bits per heavy atom. The van der Waals surface area contributed by atoms with Crippen LogP contribution in [0.3, 0.4) is 0 Å². The normalized spacial score (nSPS) is 10.7. The number of hydrogen-bond donors (Lipinski definition) is 4. The van der Waals surface area contributed by atoms with Gasteiger partial charge < -0.3 is 30.7 Å². The molecule has 5 N–H and O–H groups in total. The molecular weight excluding hydrogens is 524 g/mol. The van der Waals surface area contributed by atoms with E-state index in [0.29, 0.717) is 12.1 Å². The van der Waals surface area contributed by atoms with Crippen molar-refractivity contribution in [3.63, 3.8) is 0 Å². The fourth-order valence-corrected chi connectivity index (χ4v) is 3.80. The van der Waals surface area contributed by atoms with Gasteiger partial charge in [0.05, 0.1) is 5.56 Å². The number of nitrogens with one attached hydrogen (secondary N) is 1. The summed E-state index contributed by atoms with van der Waals surface area (Å²) in [6.07, 6.45) is 0. The summed E-state index contributed by atoms with van der Waals surface area (Å²) in [6.45, 7) is 0.452. The van der Waals surface area contributed by atoms with Gasteiger partial charge in [0.1, 0.15) is 23.7 Å². The van der Waals surface area contributed by atoms with Gasteiger partial charge in [-0.1, -0.05) is 36.4 Å². The Kier molecular flexibility index (Phi) is 8.67. The van der Waals surface area contributed by atoms with Crippen LogP contribution in [0.2, 0.25) is 0 Å². The first-order chi connectivity index (χ1) is 19.2. The van der Waals surface area contributed by atoms with Crippen LogP contribution in [0.4, 0.5) is 8.78 Å². The van der Waals surface area contributed by atoms with E-state index in [4.69, 9.17) is 20.3 Å². The maximum atomic E-state index is 15.5. The summed E-state index contributed by atoms with van der Waals surface area (Å²) in [7, 11) is 0. The van der Waals surface area contributed by atoms with Gasteiger partial charge in [0.25, 0.3) is 11.8 Å². The zero-order valence-electron chi connectivity index (χ0n) is 21.3. The van der Waals surface area contributed by atoms with Crippen molar-refractivity contribution in [1.82, 2.24) is 10.3 Å². The molecule has 1 amide bonds. The summed E-state index contributed by atoms with van der Waals surface area (Å²) in [5, 5.41) is 20.7. The van der Waals surface area contributed by atoms with E-state index in [2.05, 4.69) is 10.3 Å². The lowest BCUT2D eigenvalue weighted by Crippen LogP contribution is -2.26. The van der Waals surface area contributed by atoms with Crippen molar-refractivity contribution in [2.75, 3.05) is 6.61 Å². The highest BCUT2D eigenvalue weighted by Crippen LogP contribution is 2.35. The fourth-order valence-electron chi connectivity index (χ4n) is 3.80. The third-order valence-electron chi connectivity index (χ3n) is 5.83. The summed E-state index contributed by atoms with van der Waals surface area (Å²) in [5.41, 5.74) is 7.88. The number of halogens is 2. The number of carbonyl (C=O) groups excluding carboxylic acids is 1. The SMILES string of the molecule is Cc1ccc(C(=O)O)c(Oc2nc(Oc3cccc(-c4cccc(CN)c4)c3)c(F)c(CNC(=O)CO)c2F)c1. The molecule has 0 spiro atoms. The van der Waals surface area contributed by atoms with Gasteiger partial charge in [-0.05, 0) is 59.5 Å². The number of aryl methyl sites for hydroxylation is 1. The number of pyridine rings is 1. The molecule has 0 aliphatic heterocycles. The highest BCUT2D eigenvalue weighted by Gasteiger charge is 2.25. The van der Waals surface area contributed by atoms with Crippen molar-refractivity contribution in [3.8, 4) is 34.4 Å². The molecule has 0 aliphatic carbocycles. The van der Waals surface area contributed by atoms with E-state index in [9.17, 15) is 14.7 Å². The van der Waals surface area contributed by atoms with Crippen LogP contribution in [-0.2, 0) is 17.9 Å². The topological polar surface area (TPSA) is 144 Å². The first-order valence-electron chi connectivity index (χ1n) is 12.0. The number of aliphatic hydroxyl groups is 1. The maximum absolute atomic E-state index is 15.5. The smallest absolute Gasteiger partial charge is 0.339 e. The summed E-state index contributed by atoms with van der Waals surface area (Å²) in [4.78, 5) is 27.1. The van der Waals surface area contributed by atoms with E-state index < -0.39 is 54.0 Å². The number of carboxylic acid groups (broad SMARTS) is 1. The number of carboxylic acids is 1. The van der Waals surface area contributed by atoms with E-state index in [1.807, 2.05) is 30.3 Å². The molecular formula is C29H25F2N3O6. The Balaban J connectivity index is 1.76. The van der Waals surface area contributed by atoms with Gasteiger partial charge in [-0.3, -0.25) is 4.79 Å². The lowest BCUT2D eigenvalue weighted by atomic mass is 10.0. The van der Waals surface area contributed by atoms with Gasteiger partial charge >= 0.3 is 5.97 Å². The average molecular weight is 550 g/mol. The number of nitrogens with two attached hydrogens (primary N) is 1. The van der Waals surface area contributed by atoms with Gasteiger partial charge in [0.15, 0.2) is 11.6 Å². The molecule has 11 heteroatoms. The van der Waals surface area contributed by atoms with Gasteiger partial charge in [-0.15, -0.1) is 0 Å². The Bertz CT molecular complexity index is 1580. The van der Waals surface area contributed by atoms with Crippen LogP contribution in [0.5, 0.6) is 23.3 Å². The van der Waals surface area contributed by atoms with Gasteiger partial charge in [-0.25, -0.2) is 13.6 Å². The van der Waals surface area contributed by atoms with Crippen molar-refractivity contribution in [1.29, 1.82) is 0 Å². The fraction of sp³-hybridized carbons (Fsp3) is 0.138. The van der Waals surface area contributed by atoms with Crippen LogP contribution in [-0.4, -0.2) is 33.7 Å². The number of aromatic carboxylic acids is 1. The minimum absolute atomic E-state index is 0.159. The Labute approximate surface area is 227 Å². The van der Waals surface area contributed by atoms with Crippen LogP contribution >= 0.6 is 0 Å². The van der Waals surface area contributed by atoms with E-state index in [1.165, 1.54) is 24.3 Å². The number of carbonyl (C=O) groups is 2. The molecule has 1 aromatic heterocycles. The summed E-state index contributed by atoms with van der Waals surface area (Å²) < 4.78 is 42.1. The van der Waals surface area contributed by atoms with E-state index in [-0.39, 0.29) is 17.1 Å². The number of nitrogens with zero attached hydrogens (tertiary/aromatic N) is 1. The second-order valence-corrected chi connectivity index (χ2v) is 8.70. The van der Waals surface area contributed by atoms with Crippen LogP contribution in [0, 0.1) is 18.6 Å². The number of benzene rings is 3. The molecule has 3 aromatic carbocycles. The molecule has 4 aromatic rings. The first-order valence-corrected chi connectivity index (χ1v) is 12.0. The van der Waals surface area contributed by atoms with Gasteiger partial charge in [-0.2, -0.15) is 4.98 Å². The van der Waals surface area contributed by atoms with E-state index in [1.54, 1.807) is 19.1 Å². The minimum Gasteiger partial charge on any atom is -0.478 e. The average Bonchev–Trinajstić information content (AvgIpc) is 2.95. The second-order valence-electron chi connectivity index (χ2n) is 8.70. The number of aromatic nitrogens is 1. The zero-order chi connectivity index (χ0) is 28.8. The molecule has 0 saturated heterocycles. The predicted octanol–water partition coefficient (Wildman–Crippen LogP) is 4.69. The monoisotopic (exact) mass is 549 g/mol. The molecule has 0 fully saturated rings. The van der Waals surface area contributed by atoms with Crippen molar-refractivity contribution in [2.24, 2.45) is 5.73 Å². The Morgan fingerprint density at radius 1 is 0.950 bits per heavy atom. The summed E-state index contributed by atoms with van der Waals surface area (Å²) >= 11 is 0. The molecule has 0 atom stereocenters. The molecule has 0 bridgehead atoms. The number of amides is 1. The molecule has 206 valence electrons. The Hall–Kier alpha value is -4.87. The first kappa shape index (κ1) is 28.1. The number of hydrogen-bond acceptors (Lipinski definition) is 7.